The van der Waals surface area contributed by atoms with E-state index in [-0.39, 0.29) is 65.2 Å². The first-order valence-electron chi connectivity index (χ1n) is 11.4. The quantitative estimate of drug-likeness (QED) is 0.505. The van der Waals surface area contributed by atoms with Crippen molar-refractivity contribution in [3.63, 3.8) is 0 Å². The van der Waals surface area contributed by atoms with Crippen LogP contribution in [0.4, 0.5) is 4.79 Å². The lowest BCUT2D eigenvalue weighted by atomic mass is 9.68. The molecule has 0 aromatic carbocycles. The minimum atomic E-state index is -0.349. The van der Waals surface area contributed by atoms with Gasteiger partial charge in [-0.1, -0.05) is 11.6 Å². The molecule has 5 rings (SSSR count). The summed E-state index contributed by atoms with van der Waals surface area (Å²) in [6.07, 6.45) is 3.79. The van der Waals surface area contributed by atoms with Crippen molar-refractivity contribution in [3.05, 3.63) is 11.6 Å². The van der Waals surface area contributed by atoms with E-state index in [1.807, 2.05) is 0 Å². The van der Waals surface area contributed by atoms with Crippen LogP contribution in [0.5, 0.6) is 0 Å². The molecular formula is C23H34N2O6. The third-order valence-electron chi connectivity index (χ3n) is 8.27. The van der Waals surface area contributed by atoms with Crippen molar-refractivity contribution < 1.29 is 28.5 Å². The molecule has 172 valence electrons. The molecular weight excluding hydrogens is 400 g/mol. The zero-order chi connectivity index (χ0) is 22.1. The number of primary amides is 1. The van der Waals surface area contributed by atoms with Gasteiger partial charge in [0.1, 0.15) is 23.4 Å². The number of amides is 2. The summed E-state index contributed by atoms with van der Waals surface area (Å²) in [5.74, 6) is 0.0673. The Hall–Kier alpha value is -1.64. The van der Waals surface area contributed by atoms with Crippen molar-refractivity contribution in [2.75, 3.05) is 26.8 Å². The monoisotopic (exact) mass is 434 g/mol. The molecule has 0 radical (unpaired) electrons. The van der Waals surface area contributed by atoms with Gasteiger partial charge in [0, 0.05) is 26.1 Å². The number of carbonyl (C=O) groups excluding carboxylic acids is 2. The Balaban J connectivity index is 1.25. The van der Waals surface area contributed by atoms with Gasteiger partial charge >= 0.3 is 6.09 Å². The number of allylic oxidation sites excluding steroid dienone is 1. The van der Waals surface area contributed by atoms with E-state index in [1.165, 1.54) is 5.57 Å². The number of carbonyl (C=O) groups is 2. The van der Waals surface area contributed by atoms with Gasteiger partial charge in [-0.05, 0) is 51.9 Å². The van der Waals surface area contributed by atoms with Crippen molar-refractivity contribution >= 4 is 12.0 Å². The van der Waals surface area contributed by atoms with Crippen LogP contribution in [0.3, 0.4) is 0 Å². The van der Waals surface area contributed by atoms with Gasteiger partial charge in [0.15, 0.2) is 0 Å². The molecule has 2 aliphatic carbocycles. The minimum Gasteiger partial charge on any atom is -0.443 e. The van der Waals surface area contributed by atoms with Gasteiger partial charge in [-0.3, -0.25) is 4.79 Å². The van der Waals surface area contributed by atoms with Crippen LogP contribution in [0.25, 0.3) is 0 Å². The van der Waals surface area contributed by atoms with Crippen LogP contribution in [-0.2, 0) is 23.7 Å². The fourth-order valence-electron chi connectivity index (χ4n) is 6.37. The van der Waals surface area contributed by atoms with Crippen molar-refractivity contribution in [2.45, 2.75) is 69.5 Å². The van der Waals surface area contributed by atoms with E-state index in [0.717, 1.165) is 12.8 Å². The maximum Gasteiger partial charge on any atom is 0.410 e. The zero-order valence-corrected chi connectivity index (χ0v) is 18.8. The van der Waals surface area contributed by atoms with E-state index in [4.69, 9.17) is 24.7 Å². The molecule has 8 nitrogen and oxygen atoms in total. The molecule has 1 spiro atoms. The Morgan fingerprint density at radius 2 is 1.94 bits per heavy atom. The smallest absolute Gasteiger partial charge is 0.410 e. The zero-order valence-electron chi connectivity index (χ0n) is 18.8. The highest BCUT2D eigenvalue weighted by Crippen LogP contribution is 2.60. The topological polar surface area (TPSA) is 107 Å². The van der Waals surface area contributed by atoms with Crippen LogP contribution in [0.1, 0.15) is 40.0 Å². The molecule has 2 saturated carbocycles. The van der Waals surface area contributed by atoms with Crippen LogP contribution >= 0.6 is 0 Å². The predicted octanol–water partition coefficient (Wildman–Crippen LogP) is 1.86. The lowest BCUT2D eigenvalue weighted by molar-refractivity contribution is -0.122. The first kappa shape index (κ1) is 21.2. The van der Waals surface area contributed by atoms with Gasteiger partial charge in [-0.25, -0.2) is 4.79 Å². The lowest BCUT2D eigenvalue weighted by Gasteiger charge is -2.43. The number of nitrogens with two attached hydrogens (primary N) is 1. The number of ether oxygens (including phenoxy) is 4. The fraction of sp³-hybridized carbons (Fsp3) is 0.826. The largest absolute Gasteiger partial charge is 0.443 e. The second kappa shape index (κ2) is 7.18. The molecule has 3 heterocycles. The number of likely N-dealkylation sites (tertiary alicyclic amines) is 1. The van der Waals surface area contributed by atoms with Gasteiger partial charge in [0.05, 0.1) is 18.6 Å². The van der Waals surface area contributed by atoms with Gasteiger partial charge < -0.3 is 29.6 Å². The van der Waals surface area contributed by atoms with E-state index in [9.17, 15) is 9.59 Å². The molecule has 2 amide bonds. The number of hydrogen-bond donors (Lipinski definition) is 1. The molecule has 0 aromatic heterocycles. The standard InChI is InChI=1S/C23H34N2O6/c1-12(2)5-6-16-22(3,31-16)19-18(28-4)15(7-8-23(19)11-29-23)30-21(27)25-9-13-14(10-25)17(13)20(24)26/h5,13-19H,6-11H2,1-4H3,(H2,24,26)/t13-,14+,15-,16-,17+,18-,19-,22+,23+/m1/s1. The Morgan fingerprint density at radius 3 is 2.48 bits per heavy atom. The van der Waals surface area contributed by atoms with Crippen LogP contribution in [0.2, 0.25) is 0 Å². The Bertz CT molecular complexity index is 794. The third-order valence-corrected chi connectivity index (χ3v) is 8.27. The lowest BCUT2D eigenvalue weighted by Crippen LogP contribution is -2.56. The summed E-state index contributed by atoms with van der Waals surface area (Å²) in [7, 11) is 1.68. The van der Waals surface area contributed by atoms with Crippen LogP contribution in [-0.4, -0.2) is 73.2 Å². The van der Waals surface area contributed by atoms with Crippen molar-refractivity contribution in [3.8, 4) is 0 Å². The average molecular weight is 435 g/mol. The van der Waals surface area contributed by atoms with Crippen molar-refractivity contribution in [1.29, 1.82) is 0 Å². The maximum atomic E-state index is 12.9. The molecule has 3 aliphatic heterocycles. The first-order valence-corrected chi connectivity index (χ1v) is 11.4. The van der Waals surface area contributed by atoms with E-state index in [2.05, 4.69) is 26.8 Å². The molecule has 5 aliphatic rings. The number of epoxide rings is 2. The number of fused-ring (bicyclic) bond motifs is 1. The molecule has 3 saturated heterocycles. The van der Waals surface area contributed by atoms with Crippen LogP contribution in [0, 0.1) is 23.7 Å². The Kier molecular flexibility index (Phi) is 4.92. The SMILES string of the molecule is CO[C@@H]1[C@H](OC(=O)N2C[C@@H]3[C@H](C2)[C@H]3C(N)=O)CC[C@]2(CO2)[C@H]1[C@@]1(C)O[C@@H]1CC=C(C)C. The summed E-state index contributed by atoms with van der Waals surface area (Å²) in [5, 5.41) is 0. The second-order valence-electron chi connectivity index (χ2n) is 10.5. The highest BCUT2D eigenvalue weighted by atomic mass is 16.6. The summed E-state index contributed by atoms with van der Waals surface area (Å²) in [6.45, 7) is 8.11. The van der Waals surface area contributed by atoms with Gasteiger partial charge in [-0.2, -0.15) is 0 Å². The summed E-state index contributed by atoms with van der Waals surface area (Å²) in [5.41, 5.74) is 6.11. The molecule has 5 fully saturated rings. The van der Waals surface area contributed by atoms with E-state index in [0.29, 0.717) is 26.1 Å². The predicted molar refractivity (Wildman–Crippen MR) is 111 cm³/mol. The molecule has 0 bridgehead atoms. The minimum absolute atomic E-state index is 0.0123. The van der Waals surface area contributed by atoms with Crippen LogP contribution in [0.15, 0.2) is 11.6 Å². The van der Waals surface area contributed by atoms with E-state index >= 15 is 0 Å². The van der Waals surface area contributed by atoms with Crippen LogP contribution < -0.4 is 5.73 Å². The second-order valence-corrected chi connectivity index (χ2v) is 10.5. The van der Waals surface area contributed by atoms with Gasteiger partial charge in [0.2, 0.25) is 5.91 Å². The highest BCUT2D eigenvalue weighted by molar-refractivity contribution is 5.81. The van der Waals surface area contributed by atoms with Crippen molar-refractivity contribution in [2.24, 2.45) is 29.4 Å². The number of methoxy groups -OCH3 is 1. The summed E-state index contributed by atoms with van der Waals surface area (Å²) >= 11 is 0. The molecule has 9 atom stereocenters. The van der Waals surface area contributed by atoms with Crippen molar-refractivity contribution in [1.82, 2.24) is 4.90 Å². The molecule has 8 heteroatoms. The number of piperidine rings is 1. The van der Waals surface area contributed by atoms with Gasteiger partial charge in [0.25, 0.3) is 0 Å². The number of rotatable bonds is 6. The molecule has 0 unspecified atom stereocenters. The average Bonchev–Trinajstić information content (AvgIpc) is 3.67. The fourth-order valence-corrected chi connectivity index (χ4v) is 6.37. The number of nitrogens with zero attached hydrogens (tertiary/aromatic N) is 1. The molecule has 0 aromatic rings. The molecule has 31 heavy (non-hydrogen) atoms. The third kappa shape index (κ3) is 3.47. The van der Waals surface area contributed by atoms with E-state index in [1.54, 1.807) is 12.0 Å². The number of hydrogen-bond acceptors (Lipinski definition) is 6. The Labute approximate surface area is 183 Å². The Morgan fingerprint density at radius 1 is 1.26 bits per heavy atom. The summed E-state index contributed by atoms with van der Waals surface area (Å²) < 4.78 is 24.1. The maximum absolute atomic E-state index is 12.9. The van der Waals surface area contributed by atoms with E-state index < -0.39 is 0 Å². The highest BCUT2D eigenvalue weighted by Gasteiger charge is 2.72. The van der Waals surface area contributed by atoms with Gasteiger partial charge in [-0.15, -0.1) is 0 Å². The summed E-state index contributed by atoms with van der Waals surface area (Å²) in [6, 6.07) is 0. The molecule has 2 N–H and O–H groups in total. The normalized spacial score (nSPS) is 47.0. The summed E-state index contributed by atoms with van der Waals surface area (Å²) in [4.78, 5) is 26.0. The first-order chi connectivity index (χ1) is 14.7.